The number of amides is 2. The zero-order valence-electron chi connectivity index (χ0n) is 27.7. The SMILES string of the molecule is Cc1c(-c2cc3cccc(C4CCN(C(=O)C5CC=C(O)CC5)CC4)c3n2CC2CC2)nn2cc(C(=O)N3CC(N)C[C@@H](F)C3)ccc12. The maximum absolute atomic E-state index is 14.2. The molecule has 3 atom stereocenters. The summed E-state index contributed by atoms with van der Waals surface area (Å²) >= 11 is 0. The van der Waals surface area contributed by atoms with E-state index in [4.69, 9.17) is 10.8 Å². The Morgan fingerprint density at radius 3 is 2.58 bits per heavy atom. The second-order valence-corrected chi connectivity index (χ2v) is 14.7. The third kappa shape index (κ3) is 5.78. The number of para-hydroxylation sites is 1. The molecule has 1 saturated carbocycles. The molecular formula is C38H45FN6O3. The van der Waals surface area contributed by atoms with Gasteiger partial charge in [-0.1, -0.05) is 18.2 Å². The van der Waals surface area contributed by atoms with Crippen LogP contribution in [-0.4, -0.2) is 79.3 Å². The minimum absolute atomic E-state index is 0.0207. The summed E-state index contributed by atoms with van der Waals surface area (Å²) in [5.41, 5.74) is 13.1. The molecular weight excluding hydrogens is 607 g/mol. The predicted molar refractivity (Wildman–Crippen MR) is 184 cm³/mol. The molecule has 2 aliphatic carbocycles. The van der Waals surface area contributed by atoms with Crippen LogP contribution in [0.2, 0.25) is 0 Å². The molecule has 4 aliphatic rings. The number of alkyl halides is 1. The zero-order valence-corrected chi connectivity index (χ0v) is 27.7. The molecule has 9 nitrogen and oxygen atoms in total. The molecule has 2 amide bonds. The molecule has 0 bridgehead atoms. The van der Waals surface area contributed by atoms with Crippen LogP contribution in [-0.2, 0) is 11.3 Å². The Morgan fingerprint density at radius 1 is 1.04 bits per heavy atom. The van der Waals surface area contributed by atoms with E-state index in [0.29, 0.717) is 42.5 Å². The minimum atomic E-state index is -1.11. The number of aliphatic hydroxyl groups excluding tert-OH is 1. The Bertz CT molecular complexity index is 1910. The predicted octanol–water partition coefficient (Wildman–Crippen LogP) is 6.13. The molecule has 48 heavy (non-hydrogen) atoms. The molecule has 2 saturated heterocycles. The fourth-order valence-electron chi connectivity index (χ4n) is 8.31. The first kappa shape index (κ1) is 31.1. The Morgan fingerprint density at radius 2 is 1.85 bits per heavy atom. The van der Waals surface area contributed by atoms with E-state index in [9.17, 15) is 19.1 Å². The number of carbonyl (C=O) groups excluding carboxylic acids is 2. The number of likely N-dealkylation sites (tertiary alicyclic amines) is 2. The van der Waals surface area contributed by atoms with Gasteiger partial charge in [0.2, 0.25) is 5.91 Å². The molecule has 10 heteroatoms. The van der Waals surface area contributed by atoms with Gasteiger partial charge in [0.15, 0.2) is 0 Å². The average molecular weight is 653 g/mol. The lowest BCUT2D eigenvalue weighted by Gasteiger charge is -2.35. The van der Waals surface area contributed by atoms with Gasteiger partial charge in [-0.3, -0.25) is 9.59 Å². The maximum atomic E-state index is 14.2. The number of benzene rings is 1. The normalized spacial score (nSPS) is 24.0. The first-order chi connectivity index (χ1) is 23.2. The first-order valence-electron chi connectivity index (χ1n) is 17.7. The number of hydrogen-bond acceptors (Lipinski definition) is 5. The lowest BCUT2D eigenvalue weighted by molar-refractivity contribution is -0.137. The van der Waals surface area contributed by atoms with Gasteiger partial charge in [0.1, 0.15) is 11.9 Å². The molecule has 0 spiro atoms. The van der Waals surface area contributed by atoms with Crippen LogP contribution in [0, 0.1) is 18.8 Å². The number of carbonyl (C=O) groups is 2. The second-order valence-electron chi connectivity index (χ2n) is 14.7. The highest BCUT2D eigenvalue weighted by molar-refractivity contribution is 5.95. The van der Waals surface area contributed by atoms with Gasteiger partial charge in [-0.2, -0.15) is 5.10 Å². The number of nitrogens with zero attached hydrogens (tertiary/aromatic N) is 5. The van der Waals surface area contributed by atoms with E-state index >= 15 is 0 Å². The fourth-order valence-corrected chi connectivity index (χ4v) is 8.31. The largest absolute Gasteiger partial charge is 0.513 e. The van der Waals surface area contributed by atoms with Crippen molar-refractivity contribution in [2.45, 2.75) is 83.0 Å². The first-order valence-corrected chi connectivity index (χ1v) is 17.7. The molecule has 8 rings (SSSR count). The van der Waals surface area contributed by atoms with Crippen LogP contribution in [0.1, 0.15) is 78.8 Å². The second kappa shape index (κ2) is 12.4. The molecule has 1 aromatic carbocycles. The summed E-state index contributed by atoms with van der Waals surface area (Å²) in [7, 11) is 0. The Kier molecular flexibility index (Phi) is 8.01. The molecule has 3 fully saturated rings. The summed E-state index contributed by atoms with van der Waals surface area (Å²) in [6.45, 7) is 4.95. The number of hydrogen-bond donors (Lipinski definition) is 2. The number of pyridine rings is 1. The number of halogens is 1. The number of aryl methyl sites for hydroxylation is 1. The highest BCUT2D eigenvalue weighted by atomic mass is 19.1. The van der Waals surface area contributed by atoms with Crippen molar-refractivity contribution >= 4 is 28.2 Å². The summed E-state index contributed by atoms with van der Waals surface area (Å²) in [6, 6.07) is 12.3. The molecule has 252 valence electrons. The van der Waals surface area contributed by atoms with Crippen molar-refractivity contribution in [1.82, 2.24) is 24.0 Å². The summed E-state index contributed by atoms with van der Waals surface area (Å²) in [6.07, 6.45) is 9.01. The van der Waals surface area contributed by atoms with Gasteiger partial charge >= 0.3 is 0 Å². The fraction of sp³-hybridized carbons (Fsp3) is 0.500. The van der Waals surface area contributed by atoms with Gasteiger partial charge in [0.25, 0.3) is 5.91 Å². The van der Waals surface area contributed by atoms with E-state index < -0.39 is 6.17 Å². The smallest absolute Gasteiger partial charge is 0.255 e. The van der Waals surface area contributed by atoms with Crippen molar-refractivity contribution in [3.8, 4) is 11.4 Å². The van der Waals surface area contributed by atoms with Crippen molar-refractivity contribution in [3.05, 3.63) is 71.1 Å². The van der Waals surface area contributed by atoms with Gasteiger partial charge < -0.3 is 25.2 Å². The standard InChI is InChI=1S/C38H45FN6O3/c1-23-33-12-9-28(38(48)43-21-29(39)18-30(40)22-43)20-45(33)41-35(23)34-17-27-3-2-4-32(36(27)44(34)19-24-5-6-24)25-13-15-42(16-14-25)37(47)26-7-10-31(46)11-8-26/h2-4,9-10,12,17,20,24-26,29-30,46H,5-8,11,13-16,18-19,21-22,40H2,1H3/t26?,29-,30?/m1/s1. The number of piperidine rings is 2. The summed E-state index contributed by atoms with van der Waals surface area (Å²) < 4.78 is 18.5. The quantitative estimate of drug-likeness (QED) is 0.260. The highest BCUT2D eigenvalue weighted by Gasteiger charge is 2.33. The van der Waals surface area contributed by atoms with Crippen molar-refractivity contribution in [1.29, 1.82) is 0 Å². The lowest BCUT2D eigenvalue weighted by atomic mass is 9.86. The molecule has 2 unspecified atom stereocenters. The lowest BCUT2D eigenvalue weighted by Crippen LogP contribution is -2.50. The summed E-state index contributed by atoms with van der Waals surface area (Å²) in [4.78, 5) is 30.2. The van der Waals surface area contributed by atoms with Crippen molar-refractivity contribution in [2.75, 3.05) is 26.2 Å². The molecule has 2 aliphatic heterocycles. The summed E-state index contributed by atoms with van der Waals surface area (Å²) in [5.74, 6) is 1.40. The monoisotopic (exact) mass is 652 g/mol. The van der Waals surface area contributed by atoms with Crippen molar-refractivity contribution < 1.29 is 19.1 Å². The van der Waals surface area contributed by atoms with Crippen LogP contribution in [0.3, 0.4) is 0 Å². The van der Waals surface area contributed by atoms with Gasteiger partial charge in [0, 0.05) is 61.7 Å². The molecule has 5 heterocycles. The van der Waals surface area contributed by atoms with Gasteiger partial charge in [0.05, 0.1) is 34.6 Å². The van der Waals surface area contributed by atoms with Crippen LogP contribution in [0.15, 0.2) is 54.4 Å². The van der Waals surface area contributed by atoms with Crippen LogP contribution < -0.4 is 5.73 Å². The number of nitrogens with two attached hydrogens (primary N) is 1. The number of aromatic nitrogens is 3. The zero-order chi connectivity index (χ0) is 33.1. The van der Waals surface area contributed by atoms with Gasteiger partial charge in [-0.05, 0) is 93.5 Å². The minimum Gasteiger partial charge on any atom is -0.513 e. The van der Waals surface area contributed by atoms with E-state index in [1.165, 1.54) is 34.2 Å². The Balaban J connectivity index is 1.10. The number of allylic oxidation sites excluding steroid dienone is 2. The van der Waals surface area contributed by atoms with Crippen LogP contribution >= 0.6 is 0 Å². The molecule has 4 aromatic rings. The Hall–Kier alpha value is -4.18. The molecule has 0 radical (unpaired) electrons. The number of rotatable bonds is 6. The maximum Gasteiger partial charge on any atom is 0.255 e. The van der Waals surface area contributed by atoms with E-state index in [2.05, 4.69) is 35.8 Å². The van der Waals surface area contributed by atoms with E-state index in [1.54, 1.807) is 10.7 Å². The van der Waals surface area contributed by atoms with Crippen LogP contribution in [0.25, 0.3) is 27.8 Å². The van der Waals surface area contributed by atoms with Crippen molar-refractivity contribution in [3.63, 3.8) is 0 Å². The third-order valence-corrected chi connectivity index (χ3v) is 11.2. The van der Waals surface area contributed by atoms with E-state index in [0.717, 1.165) is 61.4 Å². The van der Waals surface area contributed by atoms with E-state index in [-0.39, 0.29) is 36.7 Å². The van der Waals surface area contributed by atoms with Crippen LogP contribution in [0.5, 0.6) is 0 Å². The highest BCUT2D eigenvalue weighted by Crippen LogP contribution is 2.41. The number of fused-ring (bicyclic) bond motifs is 2. The Labute approximate surface area is 280 Å². The molecule has 3 N–H and O–H groups in total. The third-order valence-electron chi connectivity index (χ3n) is 11.2. The van der Waals surface area contributed by atoms with Gasteiger partial charge in [-0.25, -0.2) is 8.91 Å². The topological polar surface area (TPSA) is 109 Å². The van der Waals surface area contributed by atoms with Crippen molar-refractivity contribution in [2.24, 2.45) is 17.6 Å². The van der Waals surface area contributed by atoms with Gasteiger partial charge in [-0.15, -0.1) is 0 Å². The van der Waals surface area contributed by atoms with E-state index in [1.807, 2.05) is 23.1 Å². The number of aliphatic hydroxyl groups is 1. The molecule has 3 aromatic heterocycles. The van der Waals surface area contributed by atoms with Crippen LogP contribution in [0.4, 0.5) is 4.39 Å². The average Bonchev–Trinajstić information content (AvgIpc) is 3.76. The summed E-state index contributed by atoms with van der Waals surface area (Å²) in [5, 5.41) is 16.0.